The minimum Gasteiger partial charge on any atom is -0.508 e. The summed E-state index contributed by atoms with van der Waals surface area (Å²) in [4.78, 5) is 0. The van der Waals surface area contributed by atoms with Gasteiger partial charge in [-0.1, -0.05) is 18.2 Å². The summed E-state index contributed by atoms with van der Waals surface area (Å²) in [5.74, 6) is 0.322. The zero-order chi connectivity index (χ0) is 12.8. The summed E-state index contributed by atoms with van der Waals surface area (Å²) >= 11 is 4.98. The van der Waals surface area contributed by atoms with Gasteiger partial charge >= 0.3 is 73.2 Å². The van der Waals surface area contributed by atoms with Gasteiger partial charge in [0, 0.05) is 0 Å². The summed E-state index contributed by atoms with van der Waals surface area (Å²) in [5, 5.41) is 9.56. The van der Waals surface area contributed by atoms with Crippen molar-refractivity contribution < 1.29 is 21.1 Å². The van der Waals surface area contributed by atoms with Crippen LogP contribution in [0.2, 0.25) is 5.32 Å². The molecule has 1 rings (SSSR count). The van der Waals surface area contributed by atoms with Gasteiger partial charge in [-0.15, -0.1) is 0 Å². The van der Waals surface area contributed by atoms with Crippen LogP contribution in [-0.4, -0.2) is 5.11 Å². The molecular formula is C15H25CuO. The largest absolute Gasteiger partial charge is 0.508 e. The first-order valence-corrected chi connectivity index (χ1v) is 7.22. The van der Waals surface area contributed by atoms with Gasteiger partial charge in [0.2, 0.25) is 0 Å². The van der Waals surface area contributed by atoms with Crippen LogP contribution < -0.4 is 0 Å². The van der Waals surface area contributed by atoms with E-state index in [1.165, 1.54) is 44.9 Å². The Labute approximate surface area is 114 Å². The van der Waals surface area contributed by atoms with Crippen molar-refractivity contribution in [3.05, 3.63) is 30.3 Å². The molecule has 17 heavy (non-hydrogen) atoms. The maximum absolute atomic E-state index is 8.63. The zero-order valence-electron chi connectivity index (χ0n) is 10.8. The summed E-state index contributed by atoms with van der Waals surface area (Å²) in [6, 6.07) is 8.71. The summed E-state index contributed by atoms with van der Waals surface area (Å²) in [6.45, 7) is 2.25. The van der Waals surface area contributed by atoms with Crippen molar-refractivity contribution in [2.75, 3.05) is 0 Å². The molecule has 2 heteroatoms. The fourth-order valence-corrected chi connectivity index (χ4v) is 1.70. The summed E-state index contributed by atoms with van der Waals surface area (Å²) in [6.07, 6.45) is 9.58. The van der Waals surface area contributed by atoms with Crippen molar-refractivity contribution in [2.24, 2.45) is 0 Å². The van der Waals surface area contributed by atoms with Crippen LogP contribution in [-0.2, 0) is 16.0 Å². The number of unbranched alkanes of at least 4 members (excludes halogenated alkanes) is 6. The smallest absolute Gasteiger partial charge is 0.115 e. The Morgan fingerprint density at radius 1 is 0.882 bits per heavy atom. The van der Waals surface area contributed by atoms with Crippen LogP contribution in [0.1, 0.15) is 51.9 Å². The molecule has 0 aromatic heterocycles. The van der Waals surface area contributed by atoms with Crippen molar-refractivity contribution >= 4 is 0 Å². The average molecular weight is 285 g/mol. The van der Waals surface area contributed by atoms with Crippen LogP contribution in [0, 0.1) is 0 Å². The second-order valence-corrected chi connectivity index (χ2v) is 4.58. The Bertz CT molecular complexity index is 228. The van der Waals surface area contributed by atoms with E-state index < -0.39 is 0 Å². The van der Waals surface area contributed by atoms with Gasteiger partial charge < -0.3 is 5.11 Å². The molecule has 1 aromatic carbocycles. The Balaban J connectivity index is 0.000000318. The summed E-state index contributed by atoms with van der Waals surface area (Å²) in [7, 11) is 0. The molecule has 0 aliphatic heterocycles. The van der Waals surface area contributed by atoms with E-state index in [0.717, 1.165) is 5.32 Å². The van der Waals surface area contributed by atoms with Gasteiger partial charge in [0.15, 0.2) is 0 Å². The van der Waals surface area contributed by atoms with Gasteiger partial charge in [-0.2, -0.15) is 0 Å². The first-order chi connectivity index (χ1) is 8.31. The molecule has 1 N–H and O–H groups in total. The minimum absolute atomic E-state index is 0.322. The van der Waals surface area contributed by atoms with Crippen LogP contribution >= 0.6 is 0 Å². The molecule has 0 atom stereocenters. The first-order valence-electron chi connectivity index (χ1n) is 6.55. The fraction of sp³-hybridized carbons (Fsp3) is 0.600. The molecule has 102 valence electrons. The van der Waals surface area contributed by atoms with E-state index >= 15 is 0 Å². The van der Waals surface area contributed by atoms with Crippen LogP contribution in [0.5, 0.6) is 5.75 Å². The normalized spacial score (nSPS) is 9.59. The third-order valence-corrected chi connectivity index (χ3v) is 2.80. The van der Waals surface area contributed by atoms with Gasteiger partial charge in [-0.25, -0.2) is 0 Å². The summed E-state index contributed by atoms with van der Waals surface area (Å²) in [5.41, 5.74) is 0. The molecule has 0 spiro atoms. The average Bonchev–Trinajstić information content (AvgIpc) is 2.35. The molecule has 0 fully saturated rings. The molecule has 0 aliphatic carbocycles. The van der Waals surface area contributed by atoms with Crippen molar-refractivity contribution in [1.82, 2.24) is 0 Å². The predicted octanol–water partition coefficient (Wildman–Crippen LogP) is 5.09. The van der Waals surface area contributed by atoms with Gasteiger partial charge in [0.25, 0.3) is 0 Å². The molecule has 1 aromatic rings. The molecule has 0 bridgehead atoms. The number of aromatic hydroxyl groups is 1. The van der Waals surface area contributed by atoms with Gasteiger partial charge in [0.1, 0.15) is 5.75 Å². The van der Waals surface area contributed by atoms with Crippen LogP contribution in [0.25, 0.3) is 0 Å². The van der Waals surface area contributed by atoms with Gasteiger partial charge in [-0.05, 0) is 12.1 Å². The first kappa shape index (κ1) is 16.5. The van der Waals surface area contributed by atoms with Gasteiger partial charge in [-0.3, -0.25) is 0 Å². The third kappa shape index (κ3) is 13.5. The maximum Gasteiger partial charge on any atom is 0.115 e. The molecule has 0 aliphatic rings. The second-order valence-electron chi connectivity index (χ2n) is 4.11. The number of hydrogen-bond donors (Lipinski definition) is 1. The minimum atomic E-state index is 0.322. The van der Waals surface area contributed by atoms with Crippen molar-refractivity contribution in [2.45, 2.75) is 57.2 Å². The van der Waals surface area contributed by atoms with Crippen LogP contribution in [0.4, 0.5) is 0 Å². The molecule has 0 unspecified atom stereocenters. The number of rotatable bonds is 7. The molecule has 0 saturated carbocycles. The summed E-state index contributed by atoms with van der Waals surface area (Å²) < 4.78 is 0. The van der Waals surface area contributed by atoms with E-state index in [0.29, 0.717) is 5.75 Å². The van der Waals surface area contributed by atoms with E-state index in [1.54, 1.807) is 24.3 Å². The second kappa shape index (κ2) is 13.6. The molecule has 1 nitrogen and oxygen atoms in total. The quantitative estimate of drug-likeness (QED) is 0.546. The monoisotopic (exact) mass is 284 g/mol. The predicted molar refractivity (Wildman–Crippen MR) is 70.9 cm³/mol. The maximum atomic E-state index is 8.63. The molecule has 0 amide bonds. The Morgan fingerprint density at radius 2 is 1.41 bits per heavy atom. The molecule has 0 heterocycles. The van der Waals surface area contributed by atoms with Crippen molar-refractivity contribution in [3.8, 4) is 5.75 Å². The Morgan fingerprint density at radius 3 is 1.82 bits per heavy atom. The molecule has 0 saturated heterocycles. The SMILES string of the molecule is CCCCCCCC[CH2][Cu].Oc1ccccc1. The molecule has 0 radical (unpaired) electrons. The fourth-order valence-electron chi connectivity index (χ4n) is 1.46. The molecular weight excluding hydrogens is 260 g/mol. The third-order valence-electron chi connectivity index (χ3n) is 2.47. The van der Waals surface area contributed by atoms with Gasteiger partial charge in [0.05, 0.1) is 0 Å². The Kier molecular flexibility index (Phi) is 13.2. The Hall–Kier alpha value is -0.461. The van der Waals surface area contributed by atoms with E-state index in [-0.39, 0.29) is 0 Å². The van der Waals surface area contributed by atoms with E-state index in [2.05, 4.69) is 6.92 Å². The number of hydrogen-bond acceptors (Lipinski definition) is 1. The van der Waals surface area contributed by atoms with Crippen molar-refractivity contribution in [1.29, 1.82) is 0 Å². The topological polar surface area (TPSA) is 20.2 Å². The standard InChI is InChI=1S/C9H19.C6H6O.Cu/c1-3-5-7-9-8-6-4-2;7-6-4-2-1-3-5-6;/h1,3-9H2,2H3;1-5,7H;. The number of phenols is 1. The van der Waals surface area contributed by atoms with E-state index in [9.17, 15) is 0 Å². The van der Waals surface area contributed by atoms with Crippen molar-refractivity contribution in [3.63, 3.8) is 0 Å². The van der Waals surface area contributed by atoms with E-state index in [4.69, 9.17) is 21.1 Å². The zero-order valence-corrected chi connectivity index (χ0v) is 11.7. The number of phenolic OH excluding ortho intramolecular Hbond substituents is 1. The number of para-hydroxylation sites is 1. The van der Waals surface area contributed by atoms with Crippen LogP contribution in [0.15, 0.2) is 30.3 Å². The van der Waals surface area contributed by atoms with E-state index in [1.807, 2.05) is 6.07 Å². The number of benzene rings is 1. The van der Waals surface area contributed by atoms with Crippen LogP contribution in [0.3, 0.4) is 0 Å².